The van der Waals surface area contributed by atoms with E-state index >= 15 is 0 Å². The average Bonchev–Trinajstić information content (AvgIpc) is 3.13. The van der Waals surface area contributed by atoms with E-state index in [0.717, 1.165) is 25.8 Å². The quantitative estimate of drug-likeness (QED) is 0.857. The van der Waals surface area contributed by atoms with E-state index in [1.165, 1.54) is 10.4 Å². The van der Waals surface area contributed by atoms with Crippen molar-refractivity contribution in [3.63, 3.8) is 0 Å². The molecule has 21 heavy (non-hydrogen) atoms. The number of fused-ring (bicyclic) bond motifs is 1. The minimum absolute atomic E-state index is 0.147. The fourth-order valence-electron chi connectivity index (χ4n) is 3.52. The topological polar surface area (TPSA) is 40.6 Å². The second-order valence-electron chi connectivity index (χ2n) is 5.80. The van der Waals surface area contributed by atoms with Crippen LogP contribution in [-0.4, -0.2) is 40.2 Å². The zero-order chi connectivity index (χ0) is 15.0. The van der Waals surface area contributed by atoms with Gasteiger partial charge in [-0.1, -0.05) is 13.8 Å². The van der Waals surface area contributed by atoms with E-state index < -0.39 is 0 Å². The monoisotopic (exact) mass is 306 g/mol. The van der Waals surface area contributed by atoms with Gasteiger partial charge in [0, 0.05) is 11.4 Å². The standard InChI is InChI=1S/C16H22N2O2S/c1-3-11-7-9-21-14(11)10-18-12(4-2)15(19)17-8-5-6-13(17)16(18)20/h7,9,12-13H,3-6,8,10H2,1-2H3. The number of rotatable bonds is 4. The van der Waals surface area contributed by atoms with Crippen LogP contribution in [0.5, 0.6) is 0 Å². The lowest BCUT2D eigenvalue weighted by Crippen LogP contribution is -2.62. The molecule has 3 heterocycles. The number of thiophene rings is 1. The number of amides is 2. The molecule has 0 aliphatic carbocycles. The van der Waals surface area contributed by atoms with Crippen molar-refractivity contribution < 1.29 is 9.59 Å². The Hall–Kier alpha value is -1.36. The second kappa shape index (κ2) is 5.79. The Labute approximate surface area is 129 Å². The molecular formula is C16H22N2O2S. The maximum absolute atomic E-state index is 12.8. The molecule has 114 valence electrons. The highest BCUT2D eigenvalue weighted by atomic mass is 32.1. The molecule has 1 aromatic heterocycles. The van der Waals surface area contributed by atoms with Gasteiger partial charge in [0.2, 0.25) is 11.8 Å². The highest BCUT2D eigenvalue weighted by Gasteiger charge is 2.46. The Kier molecular flexibility index (Phi) is 4.02. The third kappa shape index (κ3) is 2.37. The highest BCUT2D eigenvalue weighted by Crippen LogP contribution is 2.30. The summed E-state index contributed by atoms with van der Waals surface area (Å²) < 4.78 is 0. The van der Waals surface area contributed by atoms with Gasteiger partial charge >= 0.3 is 0 Å². The molecule has 2 fully saturated rings. The minimum Gasteiger partial charge on any atom is -0.329 e. The van der Waals surface area contributed by atoms with E-state index in [0.29, 0.717) is 13.0 Å². The van der Waals surface area contributed by atoms with Gasteiger partial charge in [-0.05, 0) is 42.7 Å². The SMILES string of the molecule is CCc1ccsc1CN1C(=O)C2CCCN2C(=O)C1CC. The Morgan fingerprint density at radius 1 is 1.29 bits per heavy atom. The summed E-state index contributed by atoms with van der Waals surface area (Å²) in [5.74, 6) is 0.295. The van der Waals surface area contributed by atoms with Crippen molar-refractivity contribution >= 4 is 23.2 Å². The lowest BCUT2D eigenvalue weighted by molar-refractivity contribution is -0.160. The van der Waals surface area contributed by atoms with Crippen LogP contribution in [0.25, 0.3) is 0 Å². The molecule has 2 unspecified atom stereocenters. The van der Waals surface area contributed by atoms with E-state index in [4.69, 9.17) is 0 Å². The number of carbonyl (C=O) groups is 2. The van der Waals surface area contributed by atoms with Crippen LogP contribution in [-0.2, 0) is 22.6 Å². The third-order valence-corrected chi connectivity index (χ3v) is 5.63. The van der Waals surface area contributed by atoms with Crippen molar-refractivity contribution in [2.75, 3.05) is 6.54 Å². The van der Waals surface area contributed by atoms with Gasteiger partial charge in [0.25, 0.3) is 0 Å². The van der Waals surface area contributed by atoms with Crippen molar-refractivity contribution in [3.8, 4) is 0 Å². The minimum atomic E-state index is -0.279. The lowest BCUT2D eigenvalue weighted by atomic mass is 10.0. The first-order valence-corrected chi connectivity index (χ1v) is 8.71. The average molecular weight is 306 g/mol. The van der Waals surface area contributed by atoms with Crippen LogP contribution >= 0.6 is 11.3 Å². The fourth-order valence-corrected chi connectivity index (χ4v) is 4.49. The summed E-state index contributed by atoms with van der Waals surface area (Å²) in [6.07, 6.45) is 3.44. The number of piperazine rings is 1. The summed E-state index contributed by atoms with van der Waals surface area (Å²) in [5, 5.41) is 2.08. The smallest absolute Gasteiger partial charge is 0.246 e. The Bertz CT molecular complexity index is 554. The molecule has 3 rings (SSSR count). The number of aryl methyl sites for hydroxylation is 1. The van der Waals surface area contributed by atoms with Gasteiger partial charge in [-0.25, -0.2) is 0 Å². The zero-order valence-corrected chi connectivity index (χ0v) is 13.5. The molecule has 2 amide bonds. The summed E-state index contributed by atoms with van der Waals surface area (Å²) in [6.45, 7) is 5.46. The number of nitrogens with zero attached hydrogens (tertiary/aromatic N) is 2. The van der Waals surface area contributed by atoms with Crippen LogP contribution in [0.1, 0.15) is 43.6 Å². The first-order valence-electron chi connectivity index (χ1n) is 7.83. The Morgan fingerprint density at radius 3 is 2.81 bits per heavy atom. The summed E-state index contributed by atoms with van der Waals surface area (Å²) in [5.41, 5.74) is 1.30. The molecule has 5 heteroatoms. The molecule has 0 spiro atoms. The van der Waals surface area contributed by atoms with Crippen LogP contribution in [0.3, 0.4) is 0 Å². The first-order chi connectivity index (χ1) is 10.2. The summed E-state index contributed by atoms with van der Waals surface area (Å²) in [7, 11) is 0. The van der Waals surface area contributed by atoms with Gasteiger partial charge in [0.05, 0.1) is 6.54 Å². The molecule has 4 nitrogen and oxygen atoms in total. The summed E-state index contributed by atoms with van der Waals surface area (Å²) in [4.78, 5) is 30.3. The van der Waals surface area contributed by atoms with E-state index in [-0.39, 0.29) is 23.9 Å². The molecule has 0 N–H and O–H groups in total. The van der Waals surface area contributed by atoms with E-state index in [1.54, 1.807) is 11.3 Å². The molecule has 2 atom stereocenters. The second-order valence-corrected chi connectivity index (χ2v) is 6.80. The van der Waals surface area contributed by atoms with Crippen molar-refractivity contribution in [2.45, 2.75) is 58.2 Å². The zero-order valence-electron chi connectivity index (χ0n) is 12.7. The maximum Gasteiger partial charge on any atom is 0.246 e. The normalized spacial score (nSPS) is 25.6. The molecular weight excluding hydrogens is 284 g/mol. The summed E-state index contributed by atoms with van der Waals surface area (Å²) in [6, 6.07) is 1.64. The van der Waals surface area contributed by atoms with E-state index in [1.807, 2.05) is 16.7 Å². The van der Waals surface area contributed by atoms with E-state index in [2.05, 4.69) is 18.4 Å². The lowest BCUT2D eigenvalue weighted by Gasteiger charge is -2.42. The predicted octanol–water partition coefficient (Wildman–Crippen LogP) is 2.42. The Morgan fingerprint density at radius 2 is 2.10 bits per heavy atom. The summed E-state index contributed by atoms with van der Waals surface area (Å²) >= 11 is 1.69. The van der Waals surface area contributed by atoms with Crippen LogP contribution < -0.4 is 0 Å². The molecule has 2 aliphatic rings. The number of carbonyl (C=O) groups excluding carboxylic acids is 2. The number of hydrogen-bond donors (Lipinski definition) is 0. The van der Waals surface area contributed by atoms with Crippen LogP contribution in [0.4, 0.5) is 0 Å². The van der Waals surface area contributed by atoms with Crippen molar-refractivity contribution in [1.82, 2.24) is 9.80 Å². The van der Waals surface area contributed by atoms with Crippen LogP contribution in [0, 0.1) is 0 Å². The fraction of sp³-hybridized carbons (Fsp3) is 0.625. The van der Waals surface area contributed by atoms with E-state index in [9.17, 15) is 9.59 Å². The van der Waals surface area contributed by atoms with Gasteiger partial charge in [-0.3, -0.25) is 9.59 Å². The molecule has 1 aromatic rings. The van der Waals surface area contributed by atoms with Gasteiger partial charge in [0.15, 0.2) is 0 Å². The molecule has 0 aromatic carbocycles. The molecule has 0 bridgehead atoms. The Balaban J connectivity index is 1.88. The van der Waals surface area contributed by atoms with Gasteiger partial charge < -0.3 is 9.80 Å². The molecule has 0 radical (unpaired) electrons. The van der Waals surface area contributed by atoms with Crippen LogP contribution in [0.2, 0.25) is 0 Å². The molecule has 2 saturated heterocycles. The molecule has 0 saturated carbocycles. The third-order valence-electron chi connectivity index (χ3n) is 4.68. The van der Waals surface area contributed by atoms with Crippen molar-refractivity contribution in [3.05, 3.63) is 21.9 Å². The number of hydrogen-bond acceptors (Lipinski definition) is 3. The highest BCUT2D eigenvalue weighted by molar-refractivity contribution is 7.10. The van der Waals surface area contributed by atoms with Crippen molar-refractivity contribution in [1.29, 1.82) is 0 Å². The first kappa shape index (κ1) is 14.6. The van der Waals surface area contributed by atoms with Gasteiger partial charge in [0.1, 0.15) is 12.1 Å². The largest absolute Gasteiger partial charge is 0.329 e. The van der Waals surface area contributed by atoms with Gasteiger partial charge in [-0.15, -0.1) is 11.3 Å². The van der Waals surface area contributed by atoms with Crippen molar-refractivity contribution in [2.24, 2.45) is 0 Å². The van der Waals surface area contributed by atoms with Crippen LogP contribution in [0.15, 0.2) is 11.4 Å². The predicted molar refractivity (Wildman–Crippen MR) is 83.1 cm³/mol. The maximum atomic E-state index is 12.8. The molecule has 2 aliphatic heterocycles. The van der Waals surface area contributed by atoms with Gasteiger partial charge in [-0.2, -0.15) is 0 Å².